The average Bonchev–Trinajstić information content (AvgIpc) is 3.57. The SMILES string of the molecule is CCN(CC)CCNC(=O)c1nnc(-c2cc(C(C)C)c(O)cc2C)n1-c1ccc(CN2CCCC2)cc1. The predicted octanol–water partition coefficient (Wildman–Crippen LogP) is 4.74. The number of nitrogens with one attached hydrogen (secondary N) is 1. The summed E-state index contributed by atoms with van der Waals surface area (Å²) in [5.74, 6) is 1.000. The maximum absolute atomic E-state index is 13.4. The van der Waals surface area contributed by atoms with Crippen molar-refractivity contribution in [3.63, 3.8) is 0 Å². The maximum Gasteiger partial charge on any atom is 0.289 e. The minimum absolute atomic E-state index is 0.137. The molecule has 2 heterocycles. The fourth-order valence-electron chi connectivity index (χ4n) is 5.16. The van der Waals surface area contributed by atoms with E-state index in [1.807, 2.05) is 43.5 Å². The van der Waals surface area contributed by atoms with Crippen LogP contribution < -0.4 is 5.32 Å². The van der Waals surface area contributed by atoms with Crippen LogP contribution in [0.25, 0.3) is 17.1 Å². The van der Waals surface area contributed by atoms with Gasteiger partial charge in [-0.25, -0.2) is 0 Å². The van der Waals surface area contributed by atoms with E-state index in [0.29, 0.717) is 12.4 Å². The smallest absolute Gasteiger partial charge is 0.289 e. The molecule has 204 valence electrons. The van der Waals surface area contributed by atoms with Crippen LogP contribution in [0.15, 0.2) is 36.4 Å². The standard InChI is InChI=1S/C30H42N6O2/c1-6-34(7-2)17-14-31-30(38)29-33-32-28(26-19-25(21(3)4)27(37)18-22(26)5)36(29)24-12-10-23(11-13-24)20-35-15-8-9-16-35/h10-13,18-19,21,37H,6-9,14-17,20H2,1-5H3,(H,31,38). The highest BCUT2D eigenvalue weighted by molar-refractivity contribution is 5.92. The van der Waals surface area contributed by atoms with Crippen LogP contribution in [0.1, 0.15) is 73.8 Å². The molecule has 1 aromatic heterocycles. The summed E-state index contributed by atoms with van der Waals surface area (Å²) < 4.78 is 1.84. The largest absolute Gasteiger partial charge is 0.508 e. The molecule has 0 saturated carbocycles. The van der Waals surface area contributed by atoms with Crippen LogP contribution in [0.4, 0.5) is 0 Å². The molecule has 0 aliphatic carbocycles. The van der Waals surface area contributed by atoms with E-state index in [1.54, 1.807) is 6.07 Å². The quantitative estimate of drug-likeness (QED) is 0.381. The van der Waals surface area contributed by atoms with E-state index in [9.17, 15) is 9.90 Å². The molecular formula is C30H42N6O2. The highest BCUT2D eigenvalue weighted by atomic mass is 16.3. The first-order chi connectivity index (χ1) is 18.3. The number of aryl methyl sites for hydroxylation is 1. The van der Waals surface area contributed by atoms with Crippen LogP contribution in [0.3, 0.4) is 0 Å². The van der Waals surface area contributed by atoms with E-state index in [0.717, 1.165) is 61.6 Å². The lowest BCUT2D eigenvalue weighted by Crippen LogP contribution is -2.35. The molecule has 1 saturated heterocycles. The number of nitrogens with zero attached hydrogens (tertiary/aromatic N) is 5. The van der Waals surface area contributed by atoms with E-state index in [2.05, 4.69) is 51.3 Å². The number of likely N-dealkylation sites (tertiary alicyclic amines) is 1. The second kappa shape index (κ2) is 12.5. The first kappa shape index (κ1) is 27.8. The number of likely N-dealkylation sites (N-methyl/N-ethyl adjacent to an activating group) is 1. The third-order valence-electron chi connectivity index (χ3n) is 7.51. The Morgan fingerprint density at radius 2 is 1.76 bits per heavy atom. The molecule has 38 heavy (non-hydrogen) atoms. The highest BCUT2D eigenvalue weighted by Gasteiger charge is 2.24. The van der Waals surface area contributed by atoms with Crippen LogP contribution in [-0.2, 0) is 6.54 Å². The summed E-state index contributed by atoms with van der Waals surface area (Å²) in [6, 6.07) is 12.1. The van der Waals surface area contributed by atoms with Crippen LogP contribution >= 0.6 is 0 Å². The zero-order valence-electron chi connectivity index (χ0n) is 23.5. The fourth-order valence-corrected chi connectivity index (χ4v) is 5.16. The topological polar surface area (TPSA) is 86.5 Å². The first-order valence-corrected chi connectivity index (χ1v) is 13.9. The van der Waals surface area contributed by atoms with Crippen molar-refractivity contribution in [2.75, 3.05) is 39.3 Å². The molecular weight excluding hydrogens is 476 g/mol. The van der Waals surface area contributed by atoms with Gasteiger partial charge in [-0.05, 0) is 92.8 Å². The number of aromatic hydroxyl groups is 1. The Hall–Kier alpha value is -3.23. The molecule has 8 heteroatoms. The molecule has 0 radical (unpaired) electrons. The zero-order chi connectivity index (χ0) is 27.2. The predicted molar refractivity (Wildman–Crippen MR) is 152 cm³/mol. The number of carbonyl (C=O) groups excluding carboxylic acids is 1. The Kier molecular flexibility index (Phi) is 9.17. The van der Waals surface area contributed by atoms with Gasteiger partial charge >= 0.3 is 0 Å². The van der Waals surface area contributed by atoms with E-state index >= 15 is 0 Å². The number of rotatable bonds is 11. The fraction of sp³-hybridized carbons (Fsp3) is 0.500. The molecule has 1 amide bonds. The lowest BCUT2D eigenvalue weighted by molar-refractivity contribution is 0.0936. The Bertz CT molecular complexity index is 1220. The molecule has 2 N–H and O–H groups in total. The van der Waals surface area contributed by atoms with Gasteiger partial charge in [-0.15, -0.1) is 10.2 Å². The van der Waals surface area contributed by atoms with Gasteiger partial charge in [-0.2, -0.15) is 0 Å². The Labute approximate surface area is 226 Å². The summed E-state index contributed by atoms with van der Waals surface area (Å²) in [6.07, 6.45) is 2.53. The van der Waals surface area contributed by atoms with Crippen molar-refractivity contribution in [2.24, 2.45) is 0 Å². The van der Waals surface area contributed by atoms with Crippen molar-refractivity contribution in [3.05, 3.63) is 58.9 Å². The van der Waals surface area contributed by atoms with Gasteiger partial charge in [0, 0.05) is 30.9 Å². The highest BCUT2D eigenvalue weighted by Crippen LogP contribution is 2.34. The van der Waals surface area contributed by atoms with Crippen LogP contribution in [0.2, 0.25) is 0 Å². The molecule has 2 aromatic carbocycles. The van der Waals surface area contributed by atoms with Crippen LogP contribution in [0.5, 0.6) is 5.75 Å². The Morgan fingerprint density at radius 1 is 1.08 bits per heavy atom. The summed E-state index contributed by atoms with van der Waals surface area (Å²) in [7, 11) is 0. The van der Waals surface area contributed by atoms with Crippen molar-refractivity contribution in [2.45, 2.75) is 59.9 Å². The van der Waals surface area contributed by atoms with Crippen molar-refractivity contribution >= 4 is 5.91 Å². The Morgan fingerprint density at radius 3 is 2.39 bits per heavy atom. The van der Waals surface area contributed by atoms with Crippen molar-refractivity contribution < 1.29 is 9.90 Å². The van der Waals surface area contributed by atoms with Gasteiger partial charge in [0.2, 0.25) is 5.82 Å². The molecule has 0 bridgehead atoms. The van der Waals surface area contributed by atoms with E-state index in [4.69, 9.17) is 0 Å². The van der Waals surface area contributed by atoms with Crippen molar-refractivity contribution in [1.29, 1.82) is 0 Å². The molecule has 3 aromatic rings. The first-order valence-electron chi connectivity index (χ1n) is 13.9. The van der Waals surface area contributed by atoms with Gasteiger partial charge in [-0.3, -0.25) is 14.3 Å². The third kappa shape index (κ3) is 6.25. The third-order valence-corrected chi connectivity index (χ3v) is 7.51. The molecule has 1 aliphatic heterocycles. The summed E-state index contributed by atoms with van der Waals surface area (Å²) in [5.41, 5.74) is 4.65. The average molecular weight is 519 g/mol. The van der Waals surface area contributed by atoms with Crippen molar-refractivity contribution in [3.8, 4) is 22.8 Å². The summed E-state index contributed by atoms with van der Waals surface area (Å²) in [6.45, 7) is 16.7. The van der Waals surface area contributed by atoms with Crippen LogP contribution in [-0.4, -0.2) is 74.8 Å². The molecule has 4 rings (SSSR count). The number of hydrogen-bond acceptors (Lipinski definition) is 6. The summed E-state index contributed by atoms with van der Waals surface area (Å²) in [4.78, 5) is 18.1. The number of phenolic OH excluding ortho intramolecular Hbond substituents is 1. The molecule has 0 unspecified atom stereocenters. The lowest BCUT2D eigenvalue weighted by Gasteiger charge is -2.18. The van der Waals surface area contributed by atoms with Crippen molar-refractivity contribution in [1.82, 2.24) is 29.9 Å². The lowest BCUT2D eigenvalue weighted by atomic mass is 9.96. The minimum atomic E-state index is -0.252. The van der Waals surface area contributed by atoms with Gasteiger partial charge < -0.3 is 15.3 Å². The molecule has 1 fully saturated rings. The number of phenols is 1. The number of benzene rings is 2. The number of hydrogen-bond donors (Lipinski definition) is 2. The van der Waals surface area contributed by atoms with E-state index in [-0.39, 0.29) is 23.4 Å². The molecule has 0 spiro atoms. The van der Waals surface area contributed by atoms with Crippen LogP contribution in [0, 0.1) is 6.92 Å². The van der Waals surface area contributed by atoms with Gasteiger partial charge in [0.25, 0.3) is 5.91 Å². The van der Waals surface area contributed by atoms with Gasteiger partial charge in [0.15, 0.2) is 5.82 Å². The second-order valence-electron chi connectivity index (χ2n) is 10.5. The van der Waals surface area contributed by atoms with E-state index < -0.39 is 0 Å². The number of carbonyl (C=O) groups is 1. The minimum Gasteiger partial charge on any atom is -0.508 e. The van der Waals surface area contributed by atoms with Gasteiger partial charge in [0.1, 0.15) is 5.75 Å². The van der Waals surface area contributed by atoms with Gasteiger partial charge in [0.05, 0.1) is 0 Å². The second-order valence-corrected chi connectivity index (χ2v) is 10.5. The molecule has 1 aliphatic rings. The van der Waals surface area contributed by atoms with E-state index in [1.165, 1.54) is 18.4 Å². The number of aromatic nitrogens is 3. The number of amides is 1. The summed E-state index contributed by atoms with van der Waals surface area (Å²) in [5, 5.41) is 22.4. The molecule has 0 atom stereocenters. The Balaban J connectivity index is 1.71. The van der Waals surface area contributed by atoms with Gasteiger partial charge in [-0.1, -0.05) is 39.8 Å². The zero-order valence-corrected chi connectivity index (χ0v) is 23.5. The monoisotopic (exact) mass is 518 g/mol. The maximum atomic E-state index is 13.4. The summed E-state index contributed by atoms with van der Waals surface area (Å²) >= 11 is 0. The normalized spacial score (nSPS) is 14.1. The molecule has 8 nitrogen and oxygen atoms in total.